The van der Waals surface area contributed by atoms with Gasteiger partial charge in [0.25, 0.3) is 0 Å². The van der Waals surface area contributed by atoms with E-state index in [9.17, 15) is 5.11 Å². The molecule has 0 amide bonds. The smallest absolute Gasteiger partial charge is 0.118 e. The summed E-state index contributed by atoms with van der Waals surface area (Å²) in [5, 5.41) is 13.0. The summed E-state index contributed by atoms with van der Waals surface area (Å²) in [7, 11) is 1.66. The summed E-state index contributed by atoms with van der Waals surface area (Å²) in [5.74, 6) is 0.852. The van der Waals surface area contributed by atoms with Gasteiger partial charge in [0, 0.05) is 6.04 Å². The first-order chi connectivity index (χ1) is 8.20. The third kappa shape index (κ3) is 2.97. The van der Waals surface area contributed by atoms with Crippen molar-refractivity contribution in [2.75, 3.05) is 20.3 Å². The molecule has 1 saturated heterocycles. The van der Waals surface area contributed by atoms with Crippen LogP contribution in [0.25, 0.3) is 0 Å². The van der Waals surface area contributed by atoms with Crippen LogP contribution >= 0.6 is 0 Å². The number of ether oxygens (including phenoxy) is 2. The topological polar surface area (TPSA) is 50.7 Å². The second-order valence-electron chi connectivity index (χ2n) is 4.37. The molecule has 4 heteroatoms. The van der Waals surface area contributed by atoms with Gasteiger partial charge in [0.05, 0.1) is 32.5 Å². The van der Waals surface area contributed by atoms with Crippen LogP contribution in [0.1, 0.15) is 18.5 Å². The lowest BCUT2D eigenvalue weighted by Crippen LogP contribution is -2.40. The monoisotopic (exact) mass is 237 g/mol. The van der Waals surface area contributed by atoms with E-state index in [4.69, 9.17) is 9.47 Å². The first-order valence-electron chi connectivity index (χ1n) is 5.86. The summed E-state index contributed by atoms with van der Waals surface area (Å²) >= 11 is 0. The first-order valence-corrected chi connectivity index (χ1v) is 5.86. The van der Waals surface area contributed by atoms with Crippen LogP contribution in [0.3, 0.4) is 0 Å². The molecule has 2 unspecified atom stereocenters. The second-order valence-corrected chi connectivity index (χ2v) is 4.37. The van der Waals surface area contributed by atoms with Crippen LogP contribution in [0.5, 0.6) is 5.75 Å². The molecule has 4 nitrogen and oxygen atoms in total. The molecule has 1 aliphatic rings. The summed E-state index contributed by atoms with van der Waals surface area (Å²) in [5.41, 5.74) is 1.17. The van der Waals surface area contributed by atoms with Crippen LogP contribution in [-0.4, -0.2) is 37.6 Å². The molecule has 1 heterocycles. The maximum absolute atomic E-state index is 9.66. The highest BCUT2D eigenvalue weighted by Crippen LogP contribution is 2.19. The predicted molar refractivity (Wildman–Crippen MR) is 65.2 cm³/mol. The van der Waals surface area contributed by atoms with Crippen LogP contribution in [0.15, 0.2) is 24.3 Å². The lowest BCUT2D eigenvalue weighted by molar-refractivity contribution is 0.121. The Balaban J connectivity index is 1.96. The molecular weight excluding hydrogens is 218 g/mol. The lowest BCUT2D eigenvalue weighted by Gasteiger charge is -2.21. The van der Waals surface area contributed by atoms with E-state index in [1.807, 2.05) is 24.3 Å². The number of hydrogen-bond acceptors (Lipinski definition) is 4. The van der Waals surface area contributed by atoms with Gasteiger partial charge in [0.1, 0.15) is 5.75 Å². The fourth-order valence-corrected chi connectivity index (χ4v) is 2.01. The molecule has 94 valence electrons. The molecule has 0 radical (unpaired) electrons. The summed E-state index contributed by atoms with van der Waals surface area (Å²) in [6.45, 7) is 3.07. The Labute approximate surface area is 102 Å². The lowest BCUT2D eigenvalue weighted by atomic mass is 10.1. The van der Waals surface area contributed by atoms with Gasteiger partial charge in [-0.25, -0.2) is 0 Å². The van der Waals surface area contributed by atoms with Gasteiger partial charge >= 0.3 is 0 Å². The van der Waals surface area contributed by atoms with Crippen molar-refractivity contribution < 1.29 is 14.6 Å². The van der Waals surface area contributed by atoms with Gasteiger partial charge in [-0.2, -0.15) is 0 Å². The largest absolute Gasteiger partial charge is 0.497 e. The molecule has 1 aromatic carbocycles. The Bertz CT molecular complexity index is 352. The van der Waals surface area contributed by atoms with E-state index in [2.05, 4.69) is 12.2 Å². The Kier molecular flexibility index (Phi) is 3.99. The maximum atomic E-state index is 9.66. The third-order valence-corrected chi connectivity index (χ3v) is 3.13. The Morgan fingerprint density at radius 3 is 2.59 bits per heavy atom. The molecule has 3 atom stereocenters. The molecule has 17 heavy (non-hydrogen) atoms. The first kappa shape index (κ1) is 12.4. The predicted octanol–water partition coefficient (Wildman–Crippen LogP) is 1.11. The minimum Gasteiger partial charge on any atom is -0.497 e. The molecule has 0 aromatic heterocycles. The zero-order valence-electron chi connectivity index (χ0n) is 10.2. The van der Waals surface area contributed by atoms with Crippen LogP contribution < -0.4 is 10.1 Å². The molecule has 2 N–H and O–H groups in total. The highest BCUT2D eigenvalue weighted by Gasteiger charge is 2.27. The highest BCUT2D eigenvalue weighted by atomic mass is 16.5. The summed E-state index contributed by atoms with van der Waals surface area (Å²) < 4.78 is 10.3. The van der Waals surface area contributed by atoms with Crippen molar-refractivity contribution in [3.63, 3.8) is 0 Å². The highest BCUT2D eigenvalue weighted by molar-refractivity contribution is 5.28. The van der Waals surface area contributed by atoms with E-state index in [1.54, 1.807) is 7.11 Å². The van der Waals surface area contributed by atoms with Crippen LogP contribution in [0, 0.1) is 0 Å². The third-order valence-electron chi connectivity index (χ3n) is 3.13. The number of benzene rings is 1. The van der Waals surface area contributed by atoms with Crippen molar-refractivity contribution in [1.29, 1.82) is 0 Å². The molecule has 0 saturated carbocycles. The molecular formula is C13H19NO3. The molecule has 1 aromatic rings. The van der Waals surface area contributed by atoms with E-state index in [0.717, 1.165) is 5.75 Å². The van der Waals surface area contributed by atoms with Gasteiger partial charge in [-0.1, -0.05) is 12.1 Å². The zero-order valence-corrected chi connectivity index (χ0v) is 10.2. The average Bonchev–Trinajstić information content (AvgIpc) is 2.75. The Morgan fingerprint density at radius 1 is 1.35 bits per heavy atom. The van der Waals surface area contributed by atoms with Gasteiger partial charge in [-0.3, -0.25) is 0 Å². The quantitative estimate of drug-likeness (QED) is 0.823. The van der Waals surface area contributed by atoms with Gasteiger partial charge in [0.2, 0.25) is 0 Å². The van der Waals surface area contributed by atoms with Gasteiger partial charge in [-0.15, -0.1) is 0 Å². The summed E-state index contributed by atoms with van der Waals surface area (Å²) in [6, 6.07) is 8.14. The summed E-state index contributed by atoms with van der Waals surface area (Å²) in [6.07, 6.45) is -0.407. The van der Waals surface area contributed by atoms with Crippen LogP contribution in [0.2, 0.25) is 0 Å². The van der Waals surface area contributed by atoms with Crippen molar-refractivity contribution in [3.05, 3.63) is 29.8 Å². The number of aliphatic hydroxyl groups is 1. The van der Waals surface area contributed by atoms with E-state index in [-0.39, 0.29) is 12.1 Å². The molecule has 1 fully saturated rings. The van der Waals surface area contributed by atoms with Crippen LogP contribution in [-0.2, 0) is 4.74 Å². The number of nitrogens with one attached hydrogen (secondary N) is 1. The Morgan fingerprint density at radius 2 is 2.06 bits per heavy atom. The minimum atomic E-state index is -0.407. The normalized spacial score (nSPS) is 25.8. The van der Waals surface area contributed by atoms with Gasteiger partial charge in [-0.05, 0) is 24.6 Å². The number of hydrogen-bond donors (Lipinski definition) is 2. The molecule has 0 bridgehead atoms. The zero-order chi connectivity index (χ0) is 12.3. The molecule has 0 aliphatic carbocycles. The van der Waals surface area contributed by atoms with E-state index in [1.165, 1.54) is 5.56 Å². The summed E-state index contributed by atoms with van der Waals surface area (Å²) in [4.78, 5) is 0. The fourth-order valence-electron chi connectivity index (χ4n) is 2.01. The SMILES string of the molecule is COc1ccc([C@H](C)NC2COCC2O)cc1. The van der Waals surface area contributed by atoms with E-state index in [0.29, 0.717) is 13.2 Å². The Hall–Kier alpha value is -1.10. The van der Waals surface area contributed by atoms with Crippen molar-refractivity contribution in [1.82, 2.24) is 5.32 Å². The average molecular weight is 237 g/mol. The maximum Gasteiger partial charge on any atom is 0.118 e. The van der Waals surface area contributed by atoms with Crippen molar-refractivity contribution in [2.24, 2.45) is 0 Å². The number of rotatable bonds is 4. The minimum absolute atomic E-state index is 0.0205. The van der Waals surface area contributed by atoms with Crippen molar-refractivity contribution in [3.8, 4) is 5.75 Å². The van der Waals surface area contributed by atoms with E-state index < -0.39 is 6.10 Å². The van der Waals surface area contributed by atoms with Crippen LogP contribution in [0.4, 0.5) is 0 Å². The van der Waals surface area contributed by atoms with Crippen molar-refractivity contribution >= 4 is 0 Å². The van der Waals surface area contributed by atoms with E-state index >= 15 is 0 Å². The fraction of sp³-hybridized carbons (Fsp3) is 0.538. The molecule has 2 rings (SSSR count). The van der Waals surface area contributed by atoms with Gasteiger partial charge in [0.15, 0.2) is 0 Å². The molecule has 1 aliphatic heterocycles. The molecule has 0 spiro atoms. The standard InChI is InChI=1S/C13H19NO3/c1-9(14-12-7-17-8-13(12)15)10-3-5-11(16-2)6-4-10/h3-6,9,12-15H,7-8H2,1-2H3/t9-,12?,13?/m0/s1. The second kappa shape index (κ2) is 5.49. The van der Waals surface area contributed by atoms with Gasteiger partial charge < -0.3 is 19.9 Å². The number of methoxy groups -OCH3 is 1. The van der Waals surface area contributed by atoms with Crippen molar-refractivity contribution in [2.45, 2.75) is 25.1 Å². The number of aliphatic hydroxyl groups excluding tert-OH is 1.